The Labute approximate surface area is 164 Å². The zero-order valence-electron chi connectivity index (χ0n) is 16.4. The Morgan fingerprint density at radius 3 is 2.89 bits per heavy atom. The number of hydrogen-bond acceptors (Lipinski definition) is 6. The van der Waals surface area contributed by atoms with Gasteiger partial charge in [0.2, 0.25) is 0 Å². The number of carbonyl (C=O) groups is 2. The van der Waals surface area contributed by atoms with Gasteiger partial charge in [0.05, 0.1) is 0 Å². The maximum absolute atomic E-state index is 12.0. The molecule has 0 saturated carbocycles. The molecule has 2 aliphatic carbocycles. The standard InChI is InChI=1S/C22H25NO5/c1-4-18(25)27-16-7-5-13-11-15-14-6-8-17(26-12(2)24)21-22(14,9-10-23(15)3)19(13)20(16)28-21/h5-8,14-15,17,21H,4,9-11H2,1-3H3/t14-,15+,17-,21-,22-/m0/s1. The van der Waals surface area contributed by atoms with Gasteiger partial charge in [-0.25, -0.2) is 0 Å². The van der Waals surface area contributed by atoms with Gasteiger partial charge >= 0.3 is 11.9 Å². The summed E-state index contributed by atoms with van der Waals surface area (Å²) in [6.45, 7) is 4.16. The van der Waals surface area contributed by atoms with Gasteiger partial charge in [-0.15, -0.1) is 0 Å². The number of likely N-dealkylation sites (tertiary alicyclic amines) is 1. The van der Waals surface area contributed by atoms with E-state index < -0.39 is 6.10 Å². The summed E-state index contributed by atoms with van der Waals surface area (Å²) in [5, 5.41) is 0. The number of likely N-dealkylation sites (N-methyl/N-ethyl adjacent to an activating group) is 1. The molecule has 148 valence electrons. The molecule has 0 aromatic heterocycles. The molecule has 5 atom stereocenters. The second-order valence-corrected chi connectivity index (χ2v) is 8.32. The summed E-state index contributed by atoms with van der Waals surface area (Å²) in [5.74, 6) is 0.830. The van der Waals surface area contributed by atoms with Gasteiger partial charge in [-0.2, -0.15) is 0 Å². The number of piperidine rings is 1. The molecular formula is C22H25NO5. The Bertz CT molecular complexity index is 893. The van der Waals surface area contributed by atoms with Gasteiger partial charge < -0.3 is 19.1 Å². The average Bonchev–Trinajstić information content (AvgIpc) is 3.02. The normalized spacial score (nSPS) is 34.4. The Hall–Kier alpha value is -2.34. The third kappa shape index (κ3) is 2.24. The van der Waals surface area contributed by atoms with Crippen LogP contribution < -0.4 is 9.47 Å². The molecule has 2 bridgehead atoms. The molecule has 4 aliphatic rings. The van der Waals surface area contributed by atoms with Crippen LogP contribution in [-0.2, 0) is 26.2 Å². The number of ether oxygens (including phenoxy) is 3. The van der Waals surface area contributed by atoms with Crippen LogP contribution in [0.5, 0.6) is 11.5 Å². The van der Waals surface area contributed by atoms with E-state index in [-0.39, 0.29) is 29.4 Å². The zero-order valence-corrected chi connectivity index (χ0v) is 16.4. The van der Waals surface area contributed by atoms with Crippen LogP contribution in [0, 0.1) is 5.92 Å². The predicted molar refractivity (Wildman–Crippen MR) is 101 cm³/mol. The summed E-state index contributed by atoms with van der Waals surface area (Å²) < 4.78 is 17.7. The highest BCUT2D eigenvalue weighted by molar-refractivity contribution is 5.74. The van der Waals surface area contributed by atoms with Crippen LogP contribution in [0.15, 0.2) is 24.3 Å². The van der Waals surface area contributed by atoms with Gasteiger partial charge in [-0.3, -0.25) is 9.59 Å². The molecule has 1 fully saturated rings. The zero-order chi connectivity index (χ0) is 19.6. The molecule has 0 radical (unpaired) electrons. The fourth-order valence-corrected chi connectivity index (χ4v) is 5.78. The molecule has 28 heavy (non-hydrogen) atoms. The van der Waals surface area contributed by atoms with Crippen molar-refractivity contribution in [3.8, 4) is 11.5 Å². The summed E-state index contributed by atoms with van der Waals surface area (Å²) in [7, 11) is 2.18. The Kier molecular flexibility index (Phi) is 3.85. The number of hydrogen-bond donors (Lipinski definition) is 0. The van der Waals surface area contributed by atoms with E-state index in [1.807, 2.05) is 12.1 Å². The minimum atomic E-state index is -0.439. The molecule has 1 aromatic carbocycles. The van der Waals surface area contributed by atoms with Crippen molar-refractivity contribution in [2.75, 3.05) is 13.6 Å². The maximum atomic E-state index is 12.0. The maximum Gasteiger partial charge on any atom is 0.311 e. The minimum absolute atomic E-state index is 0.246. The molecule has 0 amide bonds. The van der Waals surface area contributed by atoms with Crippen molar-refractivity contribution in [2.45, 2.75) is 56.8 Å². The Balaban J connectivity index is 1.68. The summed E-state index contributed by atoms with van der Waals surface area (Å²) in [4.78, 5) is 26.1. The van der Waals surface area contributed by atoms with E-state index in [1.54, 1.807) is 6.92 Å². The molecular weight excluding hydrogens is 358 g/mol. The van der Waals surface area contributed by atoms with Crippen molar-refractivity contribution < 1.29 is 23.8 Å². The fraction of sp³-hybridized carbons (Fsp3) is 0.545. The van der Waals surface area contributed by atoms with Gasteiger partial charge in [-0.1, -0.05) is 19.1 Å². The van der Waals surface area contributed by atoms with E-state index in [0.29, 0.717) is 24.0 Å². The topological polar surface area (TPSA) is 65.1 Å². The van der Waals surface area contributed by atoms with Crippen LogP contribution in [0.1, 0.15) is 37.8 Å². The predicted octanol–water partition coefficient (Wildman–Crippen LogP) is 2.38. The van der Waals surface area contributed by atoms with Crippen LogP contribution >= 0.6 is 0 Å². The third-order valence-corrected chi connectivity index (χ3v) is 6.93. The summed E-state index contributed by atoms with van der Waals surface area (Å²) in [5.41, 5.74) is 2.16. The van der Waals surface area contributed by atoms with Crippen LogP contribution in [0.3, 0.4) is 0 Å². The number of carbonyl (C=O) groups excluding carboxylic acids is 2. The first-order chi connectivity index (χ1) is 13.5. The smallest absolute Gasteiger partial charge is 0.311 e. The Morgan fingerprint density at radius 1 is 1.32 bits per heavy atom. The van der Waals surface area contributed by atoms with Crippen molar-refractivity contribution in [1.29, 1.82) is 0 Å². The second-order valence-electron chi connectivity index (χ2n) is 8.32. The van der Waals surface area contributed by atoms with Crippen LogP contribution in [-0.4, -0.2) is 48.7 Å². The minimum Gasteiger partial charge on any atom is -0.481 e. The Morgan fingerprint density at radius 2 is 2.14 bits per heavy atom. The van der Waals surface area contributed by atoms with Gasteiger partial charge in [0, 0.05) is 36.3 Å². The highest BCUT2D eigenvalue weighted by Gasteiger charge is 2.65. The van der Waals surface area contributed by atoms with Gasteiger partial charge in [-0.05, 0) is 44.1 Å². The van der Waals surface area contributed by atoms with Crippen molar-refractivity contribution in [1.82, 2.24) is 4.90 Å². The van der Waals surface area contributed by atoms with Gasteiger partial charge in [0.25, 0.3) is 0 Å². The van der Waals surface area contributed by atoms with Crippen molar-refractivity contribution >= 4 is 11.9 Å². The molecule has 5 rings (SSSR count). The fourth-order valence-electron chi connectivity index (χ4n) is 5.78. The first kappa shape index (κ1) is 17.7. The summed E-state index contributed by atoms with van der Waals surface area (Å²) >= 11 is 0. The van der Waals surface area contributed by atoms with Crippen LogP contribution in [0.4, 0.5) is 0 Å². The number of nitrogens with zero attached hydrogens (tertiary/aromatic N) is 1. The van der Waals surface area contributed by atoms with Gasteiger partial charge in [0.15, 0.2) is 17.6 Å². The largest absolute Gasteiger partial charge is 0.481 e. The lowest BCUT2D eigenvalue weighted by atomic mass is 9.53. The van der Waals surface area contributed by atoms with E-state index in [2.05, 4.69) is 24.1 Å². The van der Waals surface area contributed by atoms with E-state index in [9.17, 15) is 9.59 Å². The molecule has 1 saturated heterocycles. The molecule has 0 unspecified atom stereocenters. The molecule has 2 heterocycles. The summed E-state index contributed by atoms with van der Waals surface area (Å²) in [6.07, 6.45) is 5.63. The molecule has 6 nitrogen and oxygen atoms in total. The SMILES string of the molecule is CCC(=O)Oc1ccc2c3c1O[C@H]1[C@@H](OC(C)=O)C=C[C@H]4[C@@H](C2)N(C)CC[C@@]341. The van der Waals surface area contributed by atoms with Crippen molar-refractivity contribution in [3.05, 3.63) is 35.4 Å². The van der Waals surface area contributed by atoms with E-state index in [4.69, 9.17) is 14.2 Å². The van der Waals surface area contributed by atoms with E-state index >= 15 is 0 Å². The lowest BCUT2D eigenvalue weighted by molar-refractivity contribution is -0.152. The lowest BCUT2D eigenvalue weighted by Crippen LogP contribution is -2.65. The molecule has 1 aromatic rings. The average molecular weight is 383 g/mol. The van der Waals surface area contributed by atoms with E-state index in [0.717, 1.165) is 24.9 Å². The highest BCUT2D eigenvalue weighted by atomic mass is 16.6. The second kappa shape index (κ2) is 6.08. The quantitative estimate of drug-likeness (QED) is 0.454. The van der Waals surface area contributed by atoms with Crippen molar-refractivity contribution in [2.24, 2.45) is 5.92 Å². The van der Waals surface area contributed by atoms with Crippen LogP contribution in [0.25, 0.3) is 0 Å². The molecule has 0 N–H and O–H groups in total. The monoisotopic (exact) mass is 383 g/mol. The highest BCUT2D eigenvalue weighted by Crippen LogP contribution is 2.62. The van der Waals surface area contributed by atoms with Crippen LogP contribution in [0.2, 0.25) is 0 Å². The molecule has 1 spiro atoms. The number of rotatable bonds is 3. The molecule has 6 heteroatoms. The number of esters is 2. The summed E-state index contributed by atoms with van der Waals surface area (Å²) in [6, 6.07) is 4.31. The first-order valence-electron chi connectivity index (χ1n) is 10.0. The lowest BCUT2D eigenvalue weighted by Gasteiger charge is -2.56. The first-order valence-corrected chi connectivity index (χ1v) is 10.0. The third-order valence-electron chi connectivity index (χ3n) is 6.93. The van der Waals surface area contributed by atoms with Crippen molar-refractivity contribution in [3.63, 3.8) is 0 Å². The van der Waals surface area contributed by atoms with E-state index in [1.165, 1.54) is 12.5 Å². The molecule has 2 aliphatic heterocycles. The van der Waals surface area contributed by atoms with Gasteiger partial charge in [0.1, 0.15) is 6.10 Å². The number of benzene rings is 1.